The first-order valence-corrected chi connectivity index (χ1v) is 10.2. The lowest BCUT2D eigenvalue weighted by atomic mass is 9.96. The molecular formula is C19H36N4O2. The molecule has 2 rings (SSSR count). The first-order chi connectivity index (χ1) is 12.2. The van der Waals surface area contributed by atoms with E-state index >= 15 is 0 Å². The molecule has 0 unspecified atom stereocenters. The molecule has 1 aliphatic carbocycles. The van der Waals surface area contributed by atoms with Crippen molar-refractivity contribution in [2.45, 2.75) is 70.8 Å². The van der Waals surface area contributed by atoms with E-state index in [9.17, 15) is 9.59 Å². The zero-order valence-electron chi connectivity index (χ0n) is 15.8. The zero-order valence-corrected chi connectivity index (χ0v) is 15.8. The smallest absolute Gasteiger partial charge is 0.315 e. The number of hydrogen-bond acceptors (Lipinski definition) is 3. The van der Waals surface area contributed by atoms with Gasteiger partial charge in [-0.15, -0.1) is 0 Å². The van der Waals surface area contributed by atoms with Crippen molar-refractivity contribution in [3.05, 3.63) is 0 Å². The van der Waals surface area contributed by atoms with Crippen LogP contribution in [0, 0.1) is 5.92 Å². The van der Waals surface area contributed by atoms with Gasteiger partial charge in [-0.05, 0) is 51.1 Å². The molecule has 6 heteroatoms. The van der Waals surface area contributed by atoms with Crippen molar-refractivity contribution in [2.75, 3.05) is 32.7 Å². The maximum Gasteiger partial charge on any atom is 0.315 e. The Hall–Kier alpha value is -1.30. The lowest BCUT2D eigenvalue weighted by Gasteiger charge is -2.32. The SMILES string of the molecule is CCNCC1CCN(C(=O)CCCNC(=O)NC2CCCCC2)CC1. The van der Waals surface area contributed by atoms with Crippen LogP contribution < -0.4 is 16.0 Å². The molecule has 2 aliphatic rings. The summed E-state index contributed by atoms with van der Waals surface area (Å²) >= 11 is 0. The van der Waals surface area contributed by atoms with Crippen molar-refractivity contribution in [2.24, 2.45) is 5.92 Å². The second-order valence-electron chi connectivity index (χ2n) is 7.47. The molecule has 0 radical (unpaired) electrons. The van der Waals surface area contributed by atoms with Crippen LogP contribution in [0.2, 0.25) is 0 Å². The average Bonchev–Trinajstić information content (AvgIpc) is 2.64. The number of rotatable bonds is 8. The molecule has 1 heterocycles. The zero-order chi connectivity index (χ0) is 17.9. The third kappa shape index (κ3) is 7.63. The molecule has 144 valence electrons. The van der Waals surface area contributed by atoms with Gasteiger partial charge in [0.2, 0.25) is 5.91 Å². The van der Waals surface area contributed by atoms with E-state index in [1.807, 2.05) is 4.90 Å². The number of amides is 3. The average molecular weight is 353 g/mol. The molecule has 0 bridgehead atoms. The lowest BCUT2D eigenvalue weighted by Crippen LogP contribution is -2.43. The van der Waals surface area contributed by atoms with E-state index in [0.29, 0.717) is 31.3 Å². The number of nitrogens with zero attached hydrogens (tertiary/aromatic N) is 1. The summed E-state index contributed by atoms with van der Waals surface area (Å²) in [4.78, 5) is 26.1. The Balaban J connectivity index is 1.51. The van der Waals surface area contributed by atoms with E-state index in [2.05, 4.69) is 22.9 Å². The highest BCUT2D eigenvalue weighted by molar-refractivity contribution is 5.76. The molecule has 1 saturated carbocycles. The highest BCUT2D eigenvalue weighted by Crippen LogP contribution is 2.18. The van der Waals surface area contributed by atoms with Gasteiger partial charge in [0, 0.05) is 32.1 Å². The normalized spacial score (nSPS) is 19.6. The molecule has 3 amide bonds. The van der Waals surface area contributed by atoms with E-state index in [0.717, 1.165) is 51.9 Å². The molecule has 2 fully saturated rings. The molecule has 0 aromatic heterocycles. The maximum atomic E-state index is 12.3. The first kappa shape index (κ1) is 20.0. The number of carbonyl (C=O) groups excluding carboxylic acids is 2. The molecule has 3 N–H and O–H groups in total. The van der Waals surface area contributed by atoms with Crippen molar-refractivity contribution in [1.29, 1.82) is 0 Å². The Bertz CT molecular complexity index is 402. The number of likely N-dealkylation sites (tertiary alicyclic amines) is 1. The number of carbonyl (C=O) groups is 2. The van der Waals surface area contributed by atoms with Gasteiger partial charge in [-0.1, -0.05) is 26.2 Å². The molecule has 1 aliphatic heterocycles. The van der Waals surface area contributed by atoms with Gasteiger partial charge in [-0.2, -0.15) is 0 Å². The van der Waals surface area contributed by atoms with Crippen LogP contribution in [0.1, 0.15) is 64.7 Å². The minimum Gasteiger partial charge on any atom is -0.343 e. The Kier molecular flexibility index (Phi) is 9.08. The van der Waals surface area contributed by atoms with Crippen molar-refractivity contribution in [3.63, 3.8) is 0 Å². The molecule has 0 aromatic rings. The van der Waals surface area contributed by atoms with Crippen LogP contribution >= 0.6 is 0 Å². The topological polar surface area (TPSA) is 73.5 Å². The van der Waals surface area contributed by atoms with Gasteiger partial charge in [0.05, 0.1) is 0 Å². The van der Waals surface area contributed by atoms with Gasteiger partial charge >= 0.3 is 6.03 Å². The summed E-state index contributed by atoms with van der Waals surface area (Å²) in [7, 11) is 0. The monoisotopic (exact) mass is 352 g/mol. The Morgan fingerprint density at radius 1 is 1.04 bits per heavy atom. The molecule has 1 saturated heterocycles. The van der Waals surface area contributed by atoms with Crippen LogP contribution in [0.25, 0.3) is 0 Å². The fraction of sp³-hybridized carbons (Fsp3) is 0.895. The van der Waals surface area contributed by atoms with Crippen LogP contribution in [-0.2, 0) is 4.79 Å². The molecule has 0 spiro atoms. The van der Waals surface area contributed by atoms with E-state index < -0.39 is 0 Å². The van der Waals surface area contributed by atoms with Gasteiger partial charge in [0.15, 0.2) is 0 Å². The number of urea groups is 1. The summed E-state index contributed by atoms with van der Waals surface area (Å²) < 4.78 is 0. The molecule has 0 aromatic carbocycles. The Morgan fingerprint density at radius 3 is 2.44 bits per heavy atom. The standard InChI is InChI=1S/C19H36N4O2/c1-2-20-15-16-10-13-23(14-11-16)18(24)9-6-12-21-19(25)22-17-7-4-3-5-8-17/h16-17,20H,2-15H2,1H3,(H2,21,22,25). The number of hydrogen-bond donors (Lipinski definition) is 3. The van der Waals surface area contributed by atoms with Gasteiger partial charge in [-0.25, -0.2) is 4.79 Å². The molecule has 25 heavy (non-hydrogen) atoms. The molecule has 6 nitrogen and oxygen atoms in total. The first-order valence-electron chi connectivity index (χ1n) is 10.2. The summed E-state index contributed by atoms with van der Waals surface area (Å²) in [5, 5.41) is 9.32. The van der Waals surface area contributed by atoms with E-state index in [-0.39, 0.29) is 11.9 Å². The van der Waals surface area contributed by atoms with Crippen LogP contribution in [0.3, 0.4) is 0 Å². The summed E-state index contributed by atoms with van der Waals surface area (Å²) in [5.74, 6) is 0.936. The van der Waals surface area contributed by atoms with Crippen LogP contribution in [0.15, 0.2) is 0 Å². The summed E-state index contributed by atoms with van der Waals surface area (Å²) in [6.45, 7) is 6.54. The quantitative estimate of drug-likeness (QED) is 0.587. The second-order valence-corrected chi connectivity index (χ2v) is 7.47. The Labute approximate surface area is 152 Å². The van der Waals surface area contributed by atoms with Crippen molar-refractivity contribution in [1.82, 2.24) is 20.9 Å². The third-order valence-electron chi connectivity index (χ3n) is 5.44. The lowest BCUT2D eigenvalue weighted by molar-refractivity contribution is -0.132. The fourth-order valence-electron chi connectivity index (χ4n) is 3.82. The Morgan fingerprint density at radius 2 is 1.76 bits per heavy atom. The van der Waals surface area contributed by atoms with Crippen molar-refractivity contribution in [3.8, 4) is 0 Å². The van der Waals surface area contributed by atoms with Crippen LogP contribution in [0.5, 0.6) is 0 Å². The van der Waals surface area contributed by atoms with E-state index in [4.69, 9.17) is 0 Å². The van der Waals surface area contributed by atoms with Gasteiger partial charge in [0.25, 0.3) is 0 Å². The molecular weight excluding hydrogens is 316 g/mol. The van der Waals surface area contributed by atoms with Gasteiger partial charge in [0.1, 0.15) is 0 Å². The van der Waals surface area contributed by atoms with Crippen molar-refractivity contribution >= 4 is 11.9 Å². The van der Waals surface area contributed by atoms with Crippen LogP contribution in [-0.4, -0.2) is 55.6 Å². The minimum atomic E-state index is -0.0800. The summed E-state index contributed by atoms with van der Waals surface area (Å²) in [5.41, 5.74) is 0. The number of nitrogens with one attached hydrogen (secondary N) is 3. The summed E-state index contributed by atoms with van der Waals surface area (Å²) in [6.07, 6.45) is 9.34. The van der Waals surface area contributed by atoms with Gasteiger partial charge < -0.3 is 20.9 Å². The van der Waals surface area contributed by atoms with Crippen molar-refractivity contribution < 1.29 is 9.59 Å². The predicted octanol–water partition coefficient (Wildman–Crippen LogP) is 2.25. The van der Waals surface area contributed by atoms with E-state index in [1.165, 1.54) is 19.3 Å². The predicted molar refractivity (Wildman–Crippen MR) is 100 cm³/mol. The largest absolute Gasteiger partial charge is 0.343 e. The number of piperidine rings is 1. The molecule has 0 atom stereocenters. The van der Waals surface area contributed by atoms with Gasteiger partial charge in [-0.3, -0.25) is 4.79 Å². The highest BCUT2D eigenvalue weighted by Gasteiger charge is 2.22. The summed E-state index contributed by atoms with van der Waals surface area (Å²) in [6, 6.07) is 0.252. The third-order valence-corrected chi connectivity index (χ3v) is 5.44. The maximum absolute atomic E-state index is 12.3. The minimum absolute atomic E-state index is 0.0800. The van der Waals surface area contributed by atoms with E-state index in [1.54, 1.807) is 0 Å². The second kappa shape index (κ2) is 11.3. The highest BCUT2D eigenvalue weighted by atomic mass is 16.2. The van der Waals surface area contributed by atoms with Crippen LogP contribution in [0.4, 0.5) is 4.79 Å². The fourth-order valence-corrected chi connectivity index (χ4v) is 3.82.